The normalized spacial score (nSPS) is 21.8. The molecule has 1 saturated carbocycles. The quantitative estimate of drug-likeness (QED) is 0.640. The van der Waals surface area contributed by atoms with Gasteiger partial charge in [0.05, 0.1) is 6.10 Å². The molecular formula is C9H20FO2P. The Morgan fingerprint density at radius 3 is 2.08 bits per heavy atom. The summed E-state index contributed by atoms with van der Waals surface area (Å²) in [5, 5.41) is 0. The lowest BCUT2D eigenvalue weighted by molar-refractivity contribution is 0.198. The molecule has 1 atom stereocenters. The third kappa shape index (κ3) is 8.45. The molecule has 1 unspecified atom stereocenters. The largest absolute Gasteiger partial charge is 0.364 e. The molecule has 0 heterocycles. The Bertz CT molecular complexity index is 161. The van der Waals surface area contributed by atoms with E-state index in [0.717, 1.165) is 32.3 Å². The van der Waals surface area contributed by atoms with Crippen LogP contribution in [0.5, 0.6) is 0 Å². The van der Waals surface area contributed by atoms with Crippen LogP contribution in [0.25, 0.3) is 0 Å². The van der Waals surface area contributed by atoms with Crippen molar-refractivity contribution in [3.05, 3.63) is 0 Å². The van der Waals surface area contributed by atoms with Gasteiger partial charge in [-0.05, 0) is 12.8 Å². The minimum Gasteiger partial charge on any atom is -0.302 e. The second-order valence-corrected chi connectivity index (χ2v) is 5.17. The van der Waals surface area contributed by atoms with Gasteiger partial charge in [-0.15, -0.1) is 0 Å². The van der Waals surface area contributed by atoms with E-state index in [-0.39, 0.29) is 6.10 Å². The zero-order chi connectivity index (χ0) is 10.3. The van der Waals surface area contributed by atoms with Crippen molar-refractivity contribution in [3.8, 4) is 0 Å². The van der Waals surface area contributed by atoms with Gasteiger partial charge in [-0.25, -0.2) is 0 Å². The van der Waals surface area contributed by atoms with Crippen molar-refractivity contribution in [2.45, 2.75) is 52.1 Å². The minimum absolute atomic E-state index is 0.0826. The van der Waals surface area contributed by atoms with Crippen LogP contribution in [-0.2, 0) is 9.09 Å². The van der Waals surface area contributed by atoms with E-state index in [9.17, 15) is 8.76 Å². The van der Waals surface area contributed by atoms with Gasteiger partial charge in [-0.2, -0.15) is 4.20 Å². The van der Waals surface area contributed by atoms with Crippen molar-refractivity contribution in [2.75, 3.05) is 6.66 Å². The number of halogens is 1. The first-order valence-electron chi connectivity index (χ1n) is 4.95. The second-order valence-electron chi connectivity index (χ2n) is 3.47. The fraction of sp³-hybridized carbons (Fsp3) is 1.00. The van der Waals surface area contributed by atoms with E-state index in [0.29, 0.717) is 0 Å². The maximum atomic E-state index is 12.4. The Kier molecular flexibility index (Phi) is 6.62. The molecule has 0 N–H and O–H groups in total. The van der Waals surface area contributed by atoms with E-state index in [4.69, 9.17) is 0 Å². The molecule has 0 radical (unpaired) electrons. The van der Waals surface area contributed by atoms with Crippen molar-refractivity contribution in [3.63, 3.8) is 0 Å². The average molecular weight is 210 g/mol. The summed E-state index contributed by atoms with van der Waals surface area (Å²) >= 11 is 0. The topological polar surface area (TPSA) is 26.3 Å². The first-order valence-corrected chi connectivity index (χ1v) is 6.91. The van der Waals surface area contributed by atoms with E-state index in [1.807, 2.05) is 0 Å². The fourth-order valence-corrected chi connectivity index (χ4v) is 2.00. The number of hydrogen-bond donors (Lipinski definition) is 0. The van der Waals surface area contributed by atoms with Gasteiger partial charge >= 0.3 is 7.68 Å². The molecule has 0 aliphatic heterocycles. The summed E-state index contributed by atoms with van der Waals surface area (Å²) in [5.41, 5.74) is 0. The summed E-state index contributed by atoms with van der Waals surface area (Å²) in [7, 11) is -3.71. The molecule has 1 fully saturated rings. The van der Waals surface area contributed by atoms with Crippen molar-refractivity contribution in [1.82, 2.24) is 0 Å². The summed E-state index contributed by atoms with van der Waals surface area (Å²) in [5.74, 6) is 0. The second kappa shape index (κ2) is 6.56. The van der Waals surface area contributed by atoms with Crippen molar-refractivity contribution >= 4 is 7.68 Å². The Balaban J connectivity index is 0.000000424. The summed E-state index contributed by atoms with van der Waals surface area (Å²) in [6.45, 7) is 5.27. The lowest BCUT2D eigenvalue weighted by Gasteiger charge is -2.10. The van der Waals surface area contributed by atoms with Crippen LogP contribution >= 0.6 is 7.68 Å². The van der Waals surface area contributed by atoms with Crippen molar-refractivity contribution in [1.29, 1.82) is 0 Å². The molecular weight excluding hydrogens is 190 g/mol. The molecule has 0 saturated heterocycles. The Labute approximate surface area is 80.4 Å². The van der Waals surface area contributed by atoms with Gasteiger partial charge in [0.2, 0.25) is 0 Å². The van der Waals surface area contributed by atoms with Gasteiger partial charge in [0.25, 0.3) is 0 Å². The lowest BCUT2D eigenvalue weighted by Crippen LogP contribution is -2.02. The standard InChI is InChI=1S/C6H12FO2P.C3H8/c1-10(7,8)9-6-4-2-3-5-6;1-3-2/h6H,2-5H2,1H3;3H2,1-2H3. The monoisotopic (exact) mass is 210 g/mol. The predicted molar refractivity (Wildman–Crippen MR) is 53.9 cm³/mol. The van der Waals surface area contributed by atoms with Gasteiger partial charge in [0.15, 0.2) is 0 Å². The van der Waals surface area contributed by atoms with Gasteiger partial charge in [-0.1, -0.05) is 33.1 Å². The molecule has 0 amide bonds. The van der Waals surface area contributed by atoms with Crippen molar-refractivity contribution in [2.24, 2.45) is 0 Å². The van der Waals surface area contributed by atoms with E-state index in [1.54, 1.807) is 0 Å². The van der Waals surface area contributed by atoms with E-state index in [1.165, 1.54) is 6.42 Å². The zero-order valence-corrected chi connectivity index (χ0v) is 9.65. The highest BCUT2D eigenvalue weighted by Gasteiger charge is 2.23. The number of rotatable bonds is 2. The third-order valence-corrected chi connectivity index (χ3v) is 2.31. The van der Waals surface area contributed by atoms with Gasteiger partial charge in [0, 0.05) is 6.66 Å². The predicted octanol–water partition coefficient (Wildman–Crippen LogP) is 4.15. The minimum atomic E-state index is -3.71. The van der Waals surface area contributed by atoms with E-state index in [2.05, 4.69) is 18.4 Å². The zero-order valence-electron chi connectivity index (χ0n) is 8.75. The van der Waals surface area contributed by atoms with Crippen LogP contribution in [0, 0.1) is 0 Å². The SMILES string of the molecule is CCC.CP(=O)(F)OC1CCCC1. The molecule has 1 aliphatic carbocycles. The maximum absolute atomic E-state index is 12.4. The summed E-state index contributed by atoms with van der Waals surface area (Å²) < 4.78 is 27.5. The molecule has 0 bridgehead atoms. The smallest absolute Gasteiger partial charge is 0.302 e. The number of hydrogen-bond acceptors (Lipinski definition) is 2. The molecule has 80 valence electrons. The summed E-state index contributed by atoms with van der Waals surface area (Å²) in [4.78, 5) is 0. The molecule has 1 aliphatic rings. The lowest BCUT2D eigenvalue weighted by atomic mass is 10.3. The highest BCUT2D eigenvalue weighted by atomic mass is 31.2. The van der Waals surface area contributed by atoms with Crippen molar-refractivity contribution < 1.29 is 13.3 Å². The first kappa shape index (κ1) is 13.1. The third-order valence-electron chi connectivity index (χ3n) is 1.64. The highest BCUT2D eigenvalue weighted by molar-refractivity contribution is 7.52. The van der Waals surface area contributed by atoms with Crippen LogP contribution < -0.4 is 0 Å². The molecule has 13 heavy (non-hydrogen) atoms. The molecule has 2 nitrogen and oxygen atoms in total. The Hall–Kier alpha value is 0.120. The summed E-state index contributed by atoms with van der Waals surface area (Å²) in [6.07, 6.45) is 5.04. The molecule has 0 spiro atoms. The first-order chi connectivity index (χ1) is 5.99. The molecule has 1 rings (SSSR count). The fourth-order valence-electron chi connectivity index (χ4n) is 1.26. The highest BCUT2D eigenvalue weighted by Crippen LogP contribution is 2.47. The Morgan fingerprint density at radius 1 is 1.38 bits per heavy atom. The van der Waals surface area contributed by atoms with E-state index >= 15 is 0 Å². The Morgan fingerprint density at radius 2 is 1.77 bits per heavy atom. The molecule has 0 aromatic heterocycles. The molecule has 0 aromatic carbocycles. The van der Waals surface area contributed by atoms with Crippen LogP contribution in [0.4, 0.5) is 4.20 Å². The van der Waals surface area contributed by atoms with Crippen LogP contribution in [0.15, 0.2) is 0 Å². The maximum Gasteiger partial charge on any atom is 0.364 e. The molecule has 0 aromatic rings. The summed E-state index contributed by atoms with van der Waals surface area (Å²) in [6, 6.07) is 0. The molecule has 4 heteroatoms. The van der Waals surface area contributed by atoms with Gasteiger partial charge in [0.1, 0.15) is 0 Å². The van der Waals surface area contributed by atoms with Crippen LogP contribution in [0.2, 0.25) is 0 Å². The van der Waals surface area contributed by atoms with Gasteiger partial charge < -0.3 is 4.52 Å². The van der Waals surface area contributed by atoms with Crippen LogP contribution in [0.1, 0.15) is 46.0 Å². The van der Waals surface area contributed by atoms with Crippen LogP contribution in [0.3, 0.4) is 0 Å². The van der Waals surface area contributed by atoms with Crippen LogP contribution in [-0.4, -0.2) is 12.8 Å². The van der Waals surface area contributed by atoms with E-state index < -0.39 is 7.68 Å². The average Bonchev–Trinajstić information content (AvgIpc) is 2.37. The van der Waals surface area contributed by atoms with Gasteiger partial charge in [-0.3, -0.25) is 4.57 Å².